The van der Waals surface area contributed by atoms with Gasteiger partial charge in [0.1, 0.15) is 0 Å². The van der Waals surface area contributed by atoms with E-state index in [1.807, 2.05) is 4.68 Å². The van der Waals surface area contributed by atoms with E-state index in [1.54, 1.807) is 0 Å². The molecule has 0 radical (unpaired) electrons. The van der Waals surface area contributed by atoms with Crippen LogP contribution < -0.4 is 5.32 Å². The van der Waals surface area contributed by atoms with Crippen LogP contribution in [0.5, 0.6) is 0 Å². The first-order valence-corrected chi connectivity index (χ1v) is 9.60. The molecule has 1 aromatic heterocycles. The van der Waals surface area contributed by atoms with Gasteiger partial charge in [0.25, 0.3) is 0 Å². The molecule has 0 saturated heterocycles. The second kappa shape index (κ2) is 5.19. The zero-order valence-electron chi connectivity index (χ0n) is 14.1. The van der Waals surface area contributed by atoms with Crippen molar-refractivity contribution in [3.05, 3.63) is 0 Å². The Bertz CT molecular complexity index is 626. The zero-order chi connectivity index (χ0) is 16.2. The fourth-order valence-corrected chi connectivity index (χ4v) is 5.37. The lowest BCUT2D eigenvalue weighted by Crippen LogP contribution is -2.47. The average Bonchev–Trinajstić information content (AvgIpc) is 3.16. The van der Waals surface area contributed by atoms with Crippen LogP contribution in [0.3, 0.4) is 0 Å². The average molecular weight is 335 g/mol. The predicted molar refractivity (Wildman–Crippen MR) is 88.0 cm³/mol. The first-order chi connectivity index (χ1) is 10.9. The highest BCUT2D eigenvalue weighted by atomic mass is 32.2. The van der Waals surface area contributed by atoms with Crippen LogP contribution in [0.2, 0.25) is 0 Å². The Hall–Kier alpha value is -1.11. The van der Waals surface area contributed by atoms with Crippen LogP contribution in [0.1, 0.15) is 58.9 Å². The number of nitrogens with one attached hydrogen (secondary N) is 1. The number of hydrogen-bond acceptors (Lipinski definition) is 5. The first kappa shape index (κ1) is 15.4. The number of nitrogens with zero attached hydrogens (tertiary/aromatic N) is 4. The van der Waals surface area contributed by atoms with Gasteiger partial charge in [0.15, 0.2) is 0 Å². The molecule has 3 atom stereocenters. The number of carbonyl (C=O) groups is 1. The molecule has 126 valence electrons. The van der Waals surface area contributed by atoms with Crippen molar-refractivity contribution in [3.8, 4) is 0 Å². The van der Waals surface area contributed by atoms with Crippen LogP contribution in [0.4, 0.5) is 0 Å². The van der Waals surface area contributed by atoms with Crippen LogP contribution in [-0.4, -0.2) is 37.9 Å². The van der Waals surface area contributed by atoms with Gasteiger partial charge in [-0.3, -0.25) is 4.79 Å². The summed E-state index contributed by atoms with van der Waals surface area (Å²) in [6, 6.07) is 0.754. The Kier molecular flexibility index (Phi) is 3.48. The fourth-order valence-electron chi connectivity index (χ4n) is 4.62. The van der Waals surface area contributed by atoms with Crippen LogP contribution in [0, 0.1) is 16.7 Å². The lowest BCUT2D eigenvalue weighted by molar-refractivity contribution is -0.120. The smallest absolute Gasteiger partial charge is 0.230 e. The SMILES string of the molecule is CC1(C)C2CCC1(C)C(NC(=O)CSc1nnnn1C1CC1)C2. The molecule has 3 aliphatic rings. The minimum absolute atomic E-state index is 0.106. The number of thioether (sulfide) groups is 1. The van der Waals surface area contributed by atoms with Gasteiger partial charge >= 0.3 is 0 Å². The normalized spacial score (nSPS) is 34.7. The van der Waals surface area contributed by atoms with Gasteiger partial charge in [-0.1, -0.05) is 32.5 Å². The number of tetrazole rings is 1. The van der Waals surface area contributed by atoms with Gasteiger partial charge < -0.3 is 5.32 Å². The molecule has 3 unspecified atom stereocenters. The van der Waals surface area contributed by atoms with Gasteiger partial charge in [0, 0.05) is 6.04 Å². The monoisotopic (exact) mass is 335 g/mol. The van der Waals surface area contributed by atoms with Crippen molar-refractivity contribution >= 4 is 17.7 Å². The van der Waals surface area contributed by atoms with Crippen LogP contribution in [-0.2, 0) is 4.79 Å². The standard InChI is InChI=1S/C16H25N5OS/c1-15(2)10-6-7-16(15,3)12(8-10)17-13(22)9-23-14-18-19-20-21(14)11-4-5-11/h10-12H,4-9H2,1-3H3,(H,17,22). The van der Waals surface area contributed by atoms with E-state index in [-0.39, 0.29) is 11.3 Å². The van der Waals surface area contributed by atoms with Crippen molar-refractivity contribution in [2.24, 2.45) is 16.7 Å². The third kappa shape index (κ3) is 2.39. The van der Waals surface area contributed by atoms with E-state index in [2.05, 4.69) is 41.6 Å². The highest BCUT2D eigenvalue weighted by Gasteiger charge is 2.61. The molecule has 3 aliphatic carbocycles. The fraction of sp³-hybridized carbons (Fsp3) is 0.875. The Balaban J connectivity index is 1.35. The summed E-state index contributed by atoms with van der Waals surface area (Å²) in [5, 5.41) is 15.9. The molecule has 23 heavy (non-hydrogen) atoms. The lowest BCUT2D eigenvalue weighted by atomic mass is 9.69. The largest absolute Gasteiger partial charge is 0.352 e. The topological polar surface area (TPSA) is 72.7 Å². The zero-order valence-corrected chi connectivity index (χ0v) is 14.9. The van der Waals surface area contributed by atoms with Crippen molar-refractivity contribution < 1.29 is 4.79 Å². The molecule has 0 aliphatic heterocycles. The van der Waals surface area contributed by atoms with Gasteiger partial charge in [-0.15, -0.1) is 5.10 Å². The van der Waals surface area contributed by atoms with E-state index in [0.717, 1.165) is 30.3 Å². The number of carbonyl (C=O) groups excluding carboxylic acids is 1. The first-order valence-electron chi connectivity index (χ1n) is 8.62. The summed E-state index contributed by atoms with van der Waals surface area (Å²) >= 11 is 1.45. The van der Waals surface area contributed by atoms with Gasteiger partial charge in [0.05, 0.1) is 11.8 Å². The van der Waals surface area contributed by atoms with E-state index in [4.69, 9.17) is 0 Å². The molecule has 1 aromatic rings. The molecule has 0 aromatic carbocycles. The molecule has 1 N–H and O–H groups in total. The third-order valence-corrected chi connectivity index (χ3v) is 7.75. The number of rotatable bonds is 5. The molecule has 4 rings (SSSR count). The van der Waals surface area contributed by atoms with Crippen molar-refractivity contribution in [1.29, 1.82) is 0 Å². The highest BCUT2D eigenvalue weighted by Crippen LogP contribution is 2.65. The summed E-state index contributed by atoms with van der Waals surface area (Å²) in [5.41, 5.74) is 0.557. The number of fused-ring (bicyclic) bond motifs is 2. The maximum absolute atomic E-state index is 12.4. The van der Waals surface area contributed by atoms with Crippen LogP contribution >= 0.6 is 11.8 Å². The molecule has 0 spiro atoms. The summed E-state index contributed by atoms with van der Waals surface area (Å²) in [6.45, 7) is 7.09. The molecular weight excluding hydrogens is 310 g/mol. The Morgan fingerprint density at radius 2 is 2.13 bits per heavy atom. The van der Waals surface area contributed by atoms with E-state index in [9.17, 15) is 4.79 Å². The second-order valence-corrected chi connectivity index (χ2v) is 9.10. The summed E-state index contributed by atoms with van der Waals surface area (Å²) in [6.07, 6.45) is 5.94. The van der Waals surface area contributed by atoms with Crippen molar-refractivity contribution in [2.45, 2.75) is 70.1 Å². The highest BCUT2D eigenvalue weighted by molar-refractivity contribution is 7.99. The molecule has 7 heteroatoms. The Labute approximate surface area is 141 Å². The van der Waals surface area contributed by atoms with Crippen LogP contribution in [0.25, 0.3) is 0 Å². The van der Waals surface area contributed by atoms with Crippen LogP contribution in [0.15, 0.2) is 5.16 Å². The quantitative estimate of drug-likeness (QED) is 0.837. The van der Waals surface area contributed by atoms with Crippen molar-refractivity contribution in [3.63, 3.8) is 0 Å². The molecule has 2 bridgehead atoms. The van der Waals surface area contributed by atoms with E-state index in [0.29, 0.717) is 23.3 Å². The molecule has 1 heterocycles. The summed E-state index contributed by atoms with van der Waals surface area (Å²) in [7, 11) is 0. The van der Waals surface area contributed by atoms with E-state index in [1.165, 1.54) is 24.6 Å². The molecule has 1 amide bonds. The van der Waals surface area contributed by atoms with Gasteiger partial charge in [-0.05, 0) is 59.3 Å². The third-order valence-electron chi connectivity index (χ3n) is 6.82. The van der Waals surface area contributed by atoms with Gasteiger partial charge in [-0.25, -0.2) is 4.68 Å². The minimum atomic E-state index is 0.106. The van der Waals surface area contributed by atoms with Crippen molar-refractivity contribution in [2.75, 3.05) is 5.75 Å². The van der Waals surface area contributed by atoms with Gasteiger partial charge in [0.2, 0.25) is 11.1 Å². The van der Waals surface area contributed by atoms with E-state index >= 15 is 0 Å². The summed E-state index contributed by atoms with van der Waals surface area (Å²) < 4.78 is 1.86. The molecule has 3 fully saturated rings. The second-order valence-electron chi connectivity index (χ2n) is 8.16. The maximum Gasteiger partial charge on any atom is 0.230 e. The molecule has 6 nitrogen and oxygen atoms in total. The molecular formula is C16H25N5OS. The van der Waals surface area contributed by atoms with Gasteiger partial charge in [-0.2, -0.15) is 0 Å². The van der Waals surface area contributed by atoms with Crippen molar-refractivity contribution in [1.82, 2.24) is 25.5 Å². The minimum Gasteiger partial charge on any atom is -0.352 e. The lowest BCUT2D eigenvalue weighted by Gasteiger charge is -2.39. The predicted octanol–water partition coefficient (Wildman–Crippen LogP) is 2.43. The number of amides is 1. The number of hydrogen-bond donors (Lipinski definition) is 1. The van der Waals surface area contributed by atoms with E-state index < -0.39 is 0 Å². The summed E-state index contributed by atoms with van der Waals surface area (Å²) in [5.74, 6) is 1.24. The summed E-state index contributed by atoms with van der Waals surface area (Å²) in [4.78, 5) is 12.4. The Morgan fingerprint density at radius 3 is 2.74 bits per heavy atom. The Morgan fingerprint density at radius 1 is 1.35 bits per heavy atom. The maximum atomic E-state index is 12.4. The number of aromatic nitrogens is 4. The molecule has 3 saturated carbocycles.